The number of aromatic amines is 1. The van der Waals surface area contributed by atoms with Crippen molar-refractivity contribution in [2.45, 2.75) is 6.54 Å². The Morgan fingerprint density at radius 1 is 1.40 bits per heavy atom. The van der Waals surface area contributed by atoms with E-state index in [2.05, 4.69) is 20.5 Å². The van der Waals surface area contributed by atoms with Crippen molar-refractivity contribution in [1.82, 2.24) is 19.1 Å². The number of phenols is 1. The molecule has 0 aliphatic carbocycles. The summed E-state index contributed by atoms with van der Waals surface area (Å²) in [7, 11) is 1.48. The normalized spacial score (nSPS) is 11.4. The van der Waals surface area contributed by atoms with Gasteiger partial charge in [0.25, 0.3) is 5.56 Å². The Labute approximate surface area is 140 Å². The maximum atomic E-state index is 12.1. The van der Waals surface area contributed by atoms with E-state index in [1.165, 1.54) is 34.5 Å². The van der Waals surface area contributed by atoms with Gasteiger partial charge in [-0.15, -0.1) is 0 Å². The van der Waals surface area contributed by atoms with Gasteiger partial charge >= 0.3 is 5.69 Å². The van der Waals surface area contributed by atoms with Crippen LogP contribution in [-0.4, -0.2) is 42.1 Å². The van der Waals surface area contributed by atoms with Gasteiger partial charge in [-0.2, -0.15) is 10.1 Å². The van der Waals surface area contributed by atoms with Gasteiger partial charge in [0.05, 0.1) is 12.8 Å². The molecule has 0 saturated carbocycles. The third-order valence-electron chi connectivity index (χ3n) is 3.58. The zero-order valence-electron chi connectivity index (χ0n) is 13.3. The molecule has 0 unspecified atom stereocenters. The summed E-state index contributed by atoms with van der Waals surface area (Å²) in [5, 5.41) is 22.7. The van der Waals surface area contributed by atoms with Crippen LogP contribution in [0.1, 0.15) is 5.56 Å². The van der Waals surface area contributed by atoms with Gasteiger partial charge in [0.15, 0.2) is 11.2 Å². The van der Waals surface area contributed by atoms with Gasteiger partial charge in [0, 0.05) is 13.6 Å². The van der Waals surface area contributed by atoms with Gasteiger partial charge in [-0.1, -0.05) is 12.1 Å². The van der Waals surface area contributed by atoms with Crippen LogP contribution in [-0.2, 0) is 13.6 Å². The van der Waals surface area contributed by atoms with Crippen molar-refractivity contribution in [2.75, 3.05) is 12.0 Å². The van der Waals surface area contributed by atoms with E-state index in [0.29, 0.717) is 5.56 Å². The van der Waals surface area contributed by atoms with Gasteiger partial charge in [0.2, 0.25) is 5.95 Å². The summed E-state index contributed by atoms with van der Waals surface area (Å²) >= 11 is 0. The number of hydrazone groups is 1. The minimum Gasteiger partial charge on any atom is -0.508 e. The van der Waals surface area contributed by atoms with Gasteiger partial charge in [-0.05, 0) is 17.7 Å². The highest BCUT2D eigenvalue weighted by Gasteiger charge is 2.16. The molecule has 130 valence electrons. The molecule has 2 heterocycles. The van der Waals surface area contributed by atoms with E-state index in [1.807, 2.05) is 0 Å². The Balaban J connectivity index is 2.02. The monoisotopic (exact) mass is 344 g/mol. The molecule has 10 nitrogen and oxygen atoms in total. The molecule has 0 aliphatic rings. The summed E-state index contributed by atoms with van der Waals surface area (Å²) in [5.74, 6) is 0.310. The summed E-state index contributed by atoms with van der Waals surface area (Å²) < 4.78 is 2.64. The quantitative estimate of drug-likeness (QED) is 0.366. The van der Waals surface area contributed by atoms with Crippen LogP contribution >= 0.6 is 0 Å². The number of hydrogen-bond acceptors (Lipinski definition) is 7. The molecule has 0 saturated heterocycles. The average molecular weight is 344 g/mol. The van der Waals surface area contributed by atoms with Crippen LogP contribution in [0.5, 0.6) is 5.75 Å². The number of aromatic hydroxyl groups is 1. The molecule has 0 bridgehead atoms. The second kappa shape index (κ2) is 6.61. The molecular weight excluding hydrogens is 328 g/mol. The SMILES string of the molecule is Cn1c(=O)[nH]c(=O)c2c1nc(NN=Cc1cccc(O)c1)n2CCO. The van der Waals surface area contributed by atoms with Gasteiger partial charge in [0.1, 0.15) is 5.75 Å². The first-order chi connectivity index (χ1) is 12.0. The number of hydrogen-bond donors (Lipinski definition) is 4. The lowest BCUT2D eigenvalue weighted by Crippen LogP contribution is -2.29. The van der Waals surface area contributed by atoms with Gasteiger partial charge in [-0.25, -0.2) is 10.2 Å². The number of benzene rings is 1. The molecule has 0 atom stereocenters. The first kappa shape index (κ1) is 16.5. The third-order valence-corrected chi connectivity index (χ3v) is 3.58. The fraction of sp³-hybridized carbons (Fsp3) is 0.200. The van der Waals surface area contributed by atoms with Crippen LogP contribution in [0.4, 0.5) is 5.95 Å². The van der Waals surface area contributed by atoms with Crippen LogP contribution in [0.15, 0.2) is 39.0 Å². The standard InChI is InChI=1S/C15H16N6O4/c1-20-12-11(13(24)18-15(20)25)21(5-6-22)14(17-12)19-16-8-9-3-2-4-10(23)7-9/h2-4,7-8,22-23H,5-6H2,1H3,(H,17,19)(H,18,24,25). The zero-order valence-corrected chi connectivity index (χ0v) is 13.3. The molecule has 0 spiro atoms. The van der Waals surface area contributed by atoms with E-state index in [0.717, 1.165) is 0 Å². The first-order valence-corrected chi connectivity index (χ1v) is 7.40. The summed E-state index contributed by atoms with van der Waals surface area (Å²) in [5.41, 5.74) is 2.51. The number of aromatic nitrogens is 4. The van der Waals surface area contributed by atoms with Crippen molar-refractivity contribution in [3.05, 3.63) is 50.7 Å². The number of rotatable bonds is 5. The smallest absolute Gasteiger partial charge is 0.329 e. The maximum Gasteiger partial charge on any atom is 0.329 e. The minimum atomic E-state index is -0.593. The molecule has 0 amide bonds. The van der Waals surface area contributed by atoms with Crippen LogP contribution in [0.3, 0.4) is 0 Å². The molecule has 0 aliphatic heterocycles. The number of aryl methyl sites for hydroxylation is 1. The maximum absolute atomic E-state index is 12.1. The molecule has 3 rings (SSSR count). The largest absolute Gasteiger partial charge is 0.508 e. The molecule has 0 fully saturated rings. The van der Waals surface area contributed by atoms with Crippen molar-refractivity contribution in [3.8, 4) is 5.75 Å². The molecule has 25 heavy (non-hydrogen) atoms. The molecule has 1 aromatic carbocycles. The topological polar surface area (TPSA) is 138 Å². The second-order valence-corrected chi connectivity index (χ2v) is 5.27. The lowest BCUT2D eigenvalue weighted by atomic mass is 10.2. The Bertz CT molecular complexity index is 1060. The van der Waals surface area contributed by atoms with E-state index in [9.17, 15) is 19.8 Å². The number of anilines is 1. The number of nitrogens with one attached hydrogen (secondary N) is 2. The number of nitrogens with zero attached hydrogens (tertiary/aromatic N) is 4. The fourth-order valence-electron chi connectivity index (χ4n) is 2.41. The van der Waals surface area contributed by atoms with Crippen molar-refractivity contribution in [3.63, 3.8) is 0 Å². The summed E-state index contributed by atoms with van der Waals surface area (Å²) in [6, 6.07) is 6.48. The second-order valence-electron chi connectivity index (χ2n) is 5.27. The minimum absolute atomic E-state index is 0.0990. The van der Waals surface area contributed by atoms with Crippen LogP contribution in [0.2, 0.25) is 0 Å². The summed E-state index contributed by atoms with van der Waals surface area (Å²) in [4.78, 5) is 30.2. The van der Waals surface area contributed by atoms with E-state index in [-0.39, 0.29) is 36.0 Å². The van der Waals surface area contributed by atoms with Crippen molar-refractivity contribution < 1.29 is 10.2 Å². The number of imidazole rings is 1. The van der Waals surface area contributed by atoms with Crippen molar-refractivity contribution >= 4 is 23.3 Å². The Hall–Kier alpha value is -3.40. The highest BCUT2D eigenvalue weighted by atomic mass is 16.3. The Morgan fingerprint density at radius 2 is 2.20 bits per heavy atom. The fourth-order valence-corrected chi connectivity index (χ4v) is 2.41. The lowest BCUT2D eigenvalue weighted by molar-refractivity contribution is 0.278. The first-order valence-electron chi connectivity index (χ1n) is 7.40. The van der Waals surface area contributed by atoms with Crippen LogP contribution in [0.25, 0.3) is 11.2 Å². The van der Waals surface area contributed by atoms with E-state index >= 15 is 0 Å². The molecule has 0 radical (unpaired) electrons. The number of aliphatic hydroxyl groups excluding tert-OH is 1. The lowest BCUT2D eigenvalue weighted by Gasteiger charge is -2.05. The number of phenolic OH excluding ortho intramolecular Hbond substituents is 1. The Morgan fingerprint density at radius 3 is 2.92 bits per heavy atom. The average Bonchev–Trinajstić information content (AvgIpc) is 2.93. The summed E-state index contributed by atoms with van der Waals surface area (Å²) in [6.07, 6.45) is 1.46. The molecule has 10 heteroatoms. The Kier molecular flexibility index (Phi) is 4.35. The third kappa shape index (κ3) is 3.15. The number of H-pyrrole nitrogens is 1. The zero-order chi connectivity index (χ0) is 18.0. The summed E-state index contributed by atoms with van der Waals surface area (Å²) in [6.45, 7) is -0.125. The van der Waals surface area contributed by atoms with Crippen molar-refractivity contribution in [2.24, 2.45) is 12.1 Å². The number of fused-ring (bicyclic) bond motifs is 1. The van der Waals surface area contributed by atoms with Crippen LogP contribution < -0.4 is 16.7 Å². The predicted molar refractivity (Wildman–Crippen MR) is 92.0 cm³/mol. The highest BCUT2D eigenvalue weighted by molar-refractivity contribution is 5.81. The van der Waals surface area contributed by atoms with Crippen LogP contribution in [0, 0.1) is 0 Å². The van der Waals surface area contributed by atoms with E-state index < -0.39 is 11.2 Å². The molecule has 3 aromatic rings. The van der Waals surface area contributed by atoms with E-state index in [4.69, 9.17) is 0 Å². The number of aliphatic hydroxyl groups is 1. The van der Waals surface area contributed by atoms with Gasteiger partial charge in [-0.3, -0.25) is 14.3 Å². The van der Waals surface area contributed by atoms with Crippen molar-refractivity contribution in [1.29, 1.82) is 0 Å². The van der Waals surface area contributed by atoms with Gasteiger partial charge < -0.3 is 14.8 Å². The molecule has 2 aromatic heterocycles. The predicted octanol–water partition coefficient (Wildman–Crippen LogP) is -0.433. The molecule has 4 N–H and O–H groups in total. The highest BCUT2D eigenvalue weighted by Crippen LogP contribution is 2.15. The molecular formula is C15H16N6O4. The van der Waals surface area contributed by atoms with E-state index in [1.54, 1.807) is 12.1 Å².